The summed E-state index contributed by atoms with van der Waals surface area (Å²) in [6.45, 7) is 10.2. The molecule has 0 aromatic heterocycles. The predicted molar refractivity (Wildman–Crippen MR) is 112 cm³/mol. The molecule has 0 saturated carbocycles. The minimum atomic E-state index is -0.489. The third-order valence-electron chi connectivity index (χ3n) is 5.70. The van der Waals surface area contributed by atoms with E-state index in [1.807, 2.05) is 18.2 Å². The standard InChI is InChI=1S/C23H30N2O4/c1-17-3-5-21(11-18(17)2)27-15-20(26)14-25-9-7-24(8-10-25)13-19-4-6-22-23(12-19)29-16-28-22/h3-6,11-12,20,26H,7-10,13-16H2,1-2H3/t20-/m1/s1. The Bertz CT molecular complexity index is 834. The maximum absolute atomic E-state index is 10.4. The van der Waals surface area contributed by atoms with Gasteiger partial charge in [-0.25, -0.2) is 0 Å². The van der Waals surface area contributed by atoms with Crippen molar-refractivity contribution in [1.29, 1.82) is 0 Å². The Kier molecular flexibility index (Phi) is 6.23. The number of hydrogen-bond acceptors (Lipinski definition) is 6. The molecule has 0 radical (unpaired) electrons. The fraction of sp³-hybridized carbons (Fsp3) is 0.478. The lowest BCUT2D eigenvalue weighted by Gasteiger charge is -2.35. The molecule has 2 aliphatic rings. The number of fused-ring (bicyclic) bond motifs is 1. The van der Waals surface area contributed by atoms with Crippen LogP contribution >= 0.6 is 0 Å². The van der Waals surface area contributed by atoms with Gasteiger partial charge in [0.2, 0.25) is 6.79 Å². The molecule has 1 saturated heterocycles. The van der Waals surface area contributed by atoms with Crippen molar-refractivity contribution in [3.63, 3.8) is 0 Å². The normalized spacial score (nSPS) is 18.0. The third-order valence-corrected chi connectivity index (χ3v) is 5.70. The Labute approximate surface area is 172 Å². The topological polar surface area (TPSA) is 54.4 Å². The maximum atomic E-state index is 10.4. The molecule has 29 heavy (non-hydrogen) atoms. The molecule has 2 aliphatic heterocycles. The molecule has 2 heterocycles. The third kappa shape index (κ3) is 5.21. The van der Waals surface area contributed by atoms with E-state index in [4.69, 9.17) is 14.2 Å². The molecule has 0 unspecified atom stereocenters. The summed E-state index contributed by atoms with van der Waals surface area (Å²) in [5.74, 6) is 2.49. The number of hydrogen-bond donors (Lipinski definition) is 1. The van der Waals surface area contributed by atoms with Gasteiger partial charge in [-0.05, 0) is 54.8 Å². The minimum Gasteiger partial charge on any atom is -0.491 e. The number of benzene rings is 2. The zero-order valence-corrected chi connectivity index (χ0v) is 17.3. The number of rotatable bonds is 7. The van der Waals surface area contributed by atoms with Gasteiger partial charge < -0.3 is 19.3 Å². The molecule has 1 N–H and O–H groups in total. The van der Waals surface area contributed by atoms with Crippen LogP contribution in [0.2, 0.25) is 0 Å². The highest BCUT2D eigenvalue weighted by Crippen LogP contribution is 2.32. The van der Waals surface area contributed by atoms with E-state index in [0.717, 1.165) is 50.0 Å². The van der Waals surface area contributed by atoms with Gasteiger partial charge in [0.05, 0.1) is 0 Å². The van der Waals surface area contributed by atoms with E-state index in [9.17, 15) is 5.11 Å². The molecule has 1 atom stereocenters. The van der Waals surface area contributed by atoms with Gasteiger partial charge in [0.15, 0.2) is 11.5 Å². The van der Waals surface area contributed by atoms with Gasteiger partial charge in [-0.1, -0.05) is 12.1 Å². The molecule has 2 aromatic carbocycles. The number of aliphatic hydroxyl groups excluding tert-OH is 1. The highest BCUT2D eigenvalue weighted by molar-refractivity contribution is 5.44. The molecule has 4 rings (SSSR count). The van der Waals surface area contributed by atoms with Crippen molar-refractivity contribution in [1.82, 2.24) is 9.80 Å². The molecular formula is C23H30N2O4. The van der Waals surface area contributed by atoms with Crippen LogP contribution in [0.3, 0.4) is 0 Å². The first-order valence-electron chi connectivity index (χ1n) is 10.3. The van der Waals surface area contributed by atoms with Gasteiger partial charge in [-0.3, -0.25) is 9.80 Å². The molecule has 0 spiro atoms. The van der Waals surface area contributed by atoms with Crippen LogP contribution in [-0.2, 0) is 6.54 Å². The van der Waals surface area contributed by atoms with Gasteiger partial charge in [0.25, 0.3) is 0 Å². The predicted octanol–water partition coefficient (Wildman–Crippen LogP) is 2.59. The van der Waals surface area contributed by atoms with Crippen molar-refractivity contribution >= 4 is 0 Å². The van der Waals surface area contributed by atoms with Crippen molar-refractivity contribution in [2.75, 3.05) is 46.1 Å². The number of aliphatic hydroxyl groups is 1. The van der Waals surface area contributed by atoms with Crippen molar-refractivity contribution in [3.8, 4) is 17.2 Å². The Morgan fingerprint density at radius 2 is 1.69 bits per heavy atom. The molecule has 156 valence electrons. The van der Waals surface area contributed by atoms with Crippen LogP contribution in [-0.4, -0.2) is 67.1 Å². The lowest BCUT2D eigenvalue weighted by Crippen LogP contribution is -2.48. The van der Waals surface area contributed by atoms with Gasteiger partial charge in [0, 0.05) is 39.3 Å². The number of ether oxygens (including phenoxy) is 3. The summed E-state index contributed by atoms with van der Waals surface area (Å²) in [5, 5.41) is 10.4. The molecule has 0 amide bonds. The van der Waals surface area contributed by atoms with Crippen LogP contribution in [0.25, 0.3) is 0 Å². The first-order chi connectivity index (χ1) is 14.1. The maximum Gasteiger partial charge on any atom is 0.231 e. The summed E-state index contributed by atoms with van der Waals surface area (Å²) >= 11 is 0. The van der Waals surface area contributed by atoms with E-state index >= 15 is 0 Å². The number of piperazine rings is 1. The molecule has 0 bridgehead atoms. The summed E-state index contributed by atoms with van der Waals surface area (Å²) in [5.41, 5.74) is 3.69. The fourth-order valence-corrected chi connectivity index (χ4v) is 3.77. The van der Waals surface area contributed by atoms with Crippen LogP contribution in [0.4, 0.5) is 0 Å². The van der Waals surface area contributed by atoms with Crippen LogP contribution in [0.5, 0.6) is 17.2 Å². The summed E-state index contributed by atoms with van der Waals surface area (Å²) in [6, 6.07) is 12.2. The second kappa shape index (κ2) is 9.03. The summed E-state index contributed by atoms with van der Waals surface area (Å²) in [7, 11) is 0. The Morgan fingerprint density at radius 1 is 0.931 bits per heavy atom. The average molecular weight is 399 g/mol. The highest BCUT2D eigenvalue weighted by atomic mass is 16.7. The van der Waals surface area contributed by atoms with Crippen molar-refractivity contribution < 1.29 is 19.3 Å². The van der Waals surface area contributed by atoms with Gasteiger partial charge in [-0.2, -0.15) is 0 Å². The van der Waals surface area contributed by atoms with Crippen LogP contribution in [0.1, 0.15) is 16.7 Å². The average Bonchev–Trinajstić information content (AvgIpc) is 3.18. The monoisotopic (exact) mass is 398 g/mol. The zero-order chi connectivity index (χ0) is 20.2. The molecule has 0 aliphatic carbocycles. The molecule has 1 fully saturated rings. The first kappa shape index (κ1) is 20.0. The van der Waals surface area contributed by atoms with Crippen molar-refractivity contribution in [2.24, 2.45) is 0 Å². The second-order valence-electron chi connectivity index (χ2n) is 7.98. The summed E-state index contributed by atoms with van der Waals surface area (Å²) < 4.78 is 16.6. The lowest BCUT2D eigenvalue weighted by atomic mass is 10.1. The fourth-order valence-electron chi connectivity index (χ4n) is 3.77. The Hall–Kier alpha value is -2.28. The quantitative estimate of drug-likeness (QED) is 0.774. The second-order valence-corrected chi connectivity index (χ2v) is 7.98. The zero-order valence-electron chi connectivity index (χ0n) is 17.3. The van der Waals surface area contributed by atoms with Crippen molar-refractivity contribution in [3.05, 3.63) is 53.1 Å². The first-order valence-corrected chi connectivity index (χ1v) is 10.3. The van der Waals surface area contributed by atoms with Gasteiger partial charge in [-0.15, -0.1) is 0 Å². The van der Waals surface area contributed by atoms with Gasteiger partial charge in [0.1, 0.15) is 18.5 Å². The SMILES string of the molecule is Cc1ccc(OC[C@H](O)CN2CCN(Cc3ccc4c(c3)OCO4)CC2)cc1C. The molecule has 6 nitrogen and oxygen atoms in total. The number of nitrogens with zero attached hydrogens (tertiary/aromatic N) is 2. The van der Waals surface area contributed by atoms with Crippen LogP contribution < -0.4 is 14.2 Å². The Morgan fingerprint density at radius 3 is 2.48 bits per heavy atom. The van der Waals surface area contributed by atoms with Crippen LogP contribution in [0, 0.1) is 13.8 Å². The minimum absolute atomic E-state index is 0.313. The van der Waals surface area contributed by atoms with Gasteiger partial charge >= 0.3 is 0 Å². The Balaban J connectivity index is 1.19. The van der Waals surface area contributed by atoms with E-state index in [1.54, 1.807) is 0 Å². The van der Waals surface area contributed by atoms with Crippen molar-refractivity contribution in [2.45, 2.75) is 26.5 Å². The summed E-state index contributed by atoms with van der Waals surface area (Å²) in [6.07, 6.45) is -0.489. The lowest BCUT2D eigenvalue weighted by molar-refractivity contribution is 0.0446. The smallest absolute Gasteiger partial charge is 0.231 e. The largest absolute Gasteiger partial charge is 0.491 e. The van der Waals surface area contributed by atoms with E-state index in [2.05, 4.69) is 41.8 Å². The van der Waals surface area contributed by atoms with E-state index in [-0.39, 0.29) is 0 Å². The molecule has 6 heteroatoms. The summed E-state index contributed by atoms with van der Waals surface area (Å²) in [4.78, 5) is 4.75. The molecule has 2 aromatic rings. The van der Waals surface area contributed by atoms with Crippen LogP contribution in [0.15, 0.2) is 36.4 Å². The van der Waals surface area contributed by atoms with E-state index in [0.29, 0.717) is 19.9 Å². The van der Waals surface area contributed by atoms with E-state index in [1.165, 1.54) is 16.7 Å². The van der Waals surface area contributed by atoms with E-state index < -0.39 is 6.10 Å². The number of aryl methyl sites for hydroxylation is 2. The number of β-amino-alcohol motifs (C(OH)–C–C–N with tert-alkyl or cyclic N) is 1. The highest BCUT2D eigenvalue weighted by Gasteiger charge is 2.21. The molecular weight excluding hydrogens is 368 g/mol.